The molecule has 0 aliphatic heterocycles. The third kappa shape index (κ3) is 8.93. The Labute approximate surface area is 151 Å². The molecule has 2 rings (SSSR count). The van der Waals surface area contributed by atoms with Gasteiger partial charge in [-0.3, -0.25) is 0 Å². The number of hydrogen-bond donors (Lipinski definition) is 3. The van der Waals surface area contributed by atoms with Crippen LogP contribution in [0, 0.1) is 0 Å². The van der Waals surface area contributed by atoms with Crippen LogP contribution in [0.2, 0.25) is 0 Å². The van der Waals surface area contributed by atoms with Gasteiger partial charge in [0.05, 0.1) is 6.61 Å². The zero-order valence-electron chi connectivity index (χ0n) is 14.2. The molecule has 0 spiro atoms. The molecule has 26 heavy (non-hydrogen) atoms. The van der Waals surface area contributed by atoms with Gasteiger partial charge in [-0.2, -0.15) is 0 Å². The Balaban J connectivity index is 0.000000263. The lowest BCUT2D eigenvalue weighted by Gasteiger charge is -2.02. The number of phenols is 1. The molecule has 6 nitrogen and oxygen atoms in total. The number of hydrogen-bond acceptors (Lipinski definition) is 4. The second kappa shape index (κ2) is 11.1. The molecule has 0 atom stereocenters. The monoisotopic (exact) mass is 356 g/mol. The van der Waals surface area contributed by atoms with Gasteiger partial charge in [0.15, 0.2) is 0 Å². The van der Waals surface area contributed by atoms with Gasteiger partial charge in [0, 0.05) is 12.2 Å². The van der Waals surface area contributed by atoms with Crippen molar-refractivity contribution in [2.45, 2.75) is 6.92 Å². The number of phenolic OH excluding ortho intramolecular Hbond substituents is 1. The maximum Gasteiger partial charge on any atom is 0.328 e. The van der Waals surface area contributed by atoms with Gasteiger partial charge in [0.25, 0.3) is 0 Å². The van der Waals surface area contributed by atoms with Crippen LogP contribution in [-0.2, 0) is 9.59 Å². The van der Waals surface area contributed by atoms with Crippen LogP contribution in [0.1, 0.15) is 18.1 Å². The van der Waals surface area contributed by atoms with Gasteiger partial charge in [0.2, 0.25) is 0 Å². The van der Waals surface area contributed by atoms with E-state index in [0.29, 0.717) is 12.2 Å². The molecule has 0 aromatic heterocycles. The quantitative estimate of drug-likeness (QED) is 0.682. The van der Waals surface area contributed by atoms with Gasteiger partial charge >= 0.3 is 11.9 Å². The minimum atomic E-state index is -1.00. The molecule has 0 radical (unpaired) electrons. The van der Waals surface area contributed by atoms with Crippen molar-refractivity contribution in [3.05, 3.63) is 71.8 Å². The van der Waals surface area contributed by atoms with Crippen molar-refractivity contribution in [3.8, 4) is 11.5 Å². The summed E-state index contributed by atoms with van der Waals surface area (Å²) in [5.41, 5.74) is 1.48. The van der Waals surface area contributed by atoms with E-state index in [9.17, 15) is 9.59 Å². The maximum absolute atomic E-state index is 10.3. The molecule has 0 saturated carbocycles. The molecule has 0 unspecified atom stereocenters. The van der Waals surface area contributed by atoms with Crippen molar-refractivity contribution in [2.75, 3.05) is 6.61 Å². The first-order valence-electron chi connectivity index (χ1n) is 7.74. The SMILES string of the molecule is CCOc1cccc(/C=C/C(=O)O)c1.O=C(O)/C=C/c1cccc(O)c1. The Morgan fingerprint density at radius 2 is 1.46 bits per heavy atom. The molecule has 3 N–H and O–H groups in total. The summed E-state index contributed by atoms with van der Waals surface area (Å²) in [5, 5.41) is 25.7. The molecule has 0 fully saturated rings. The summed E-state index contributed by atoms with van der Waals surface area (Å²) < 4.78 is 5.27. The lowest BCUT2D eigenvalue weighted by atomic mass is 10.2. The Hall–Kier alpha value is -3.54. The van der Waals surface area contributed by atoms with E-state index in [1.807, 2.05) is 25.1 Å². The summed E-state index contributed by atoms with van der Waals surface area (Å²) >= 11 is 0. The molecule has 0 amide bonds. The fourth-order valence-electron chi connectivity index (χ4n) is 1.84. The highest BCUT2D eigenvalue weighted by atomic mass is 16.5. The van der Waals surface area contributed by atoms with Crippen LogP contribution in [0.15, 0.2) is 60.7 Å². The molecule has 0 aliphatic carbocycles. The van der Waals surface area contributed by atoms with E-state index in [2.05, 4.69) is 0 Å². The number of carboxylic acid groups (broad SMARTS) is 2. The standard InChI is InChI=1S/C11H12O3.C9H8O3/c1-2-14-10-5-3-4-9(8-10)6-7-11(12)13;10-8-3-1-2-7(6-8)4-5-9(11)12/h3-8H,2H2,1H3,(H,12,13);1-6,10H,(H,11,12)/b7-6+;5-4+. The number of rotatable bonds is 6. The van der Waals surface area contributed by atoms with Crippen molar-refractivity contribution in [2.24, 2.45) is 0 Å². The number of aromatic hydroxyl groups is 1. The van der Waals surface area contributed by atoms with Crippen molar-refractivity contribution < 1.29 is 29.6 Å². The molecule has 0 saturated heterocycles. The smallest absolute Gasteiger partial charge is 0.328 e. The Bertz CT molecular complexity index is 792. The fourth-order valence-corrected chi connectivity index (χ4v) is 1.84. The van der Waals surface area contributed by atoms with Gasteiger partial charge < -0.3 is 20.1 Å². The highest BCUT2D eigenvalue weighted by Gasteiger charge is 1.93. The molecule has 2 aromatic rings. The number of aliphatic carboxylic acids is 2. The van der Waals surface area contributed by atoms with Gasteiger partial charge in [0.1, 0.15) is 11.5 Å². The van der Waals surface area contributed by atoms with E-state index in [0.717, 1.165) is 23.5 Å². The number of carboxylic acids is 2. The van der Waals surface area contributed by atoms with Crippen LogP contribution in [0.25, 0.3) is 12.2 Å². The van der Waals surface area contributed by atoms with E-state index < -0.39 is 11.9 Å². The summed E-state index contributed by atoms with van der Waals surface area (Å²) in [6.07, 6.45) is 5.08. The summed E-state index contributed by atoms with van der Waals surface area (Å²) in [6, 6.07) is 13.6. The molecule has 2 aromatic carbocycles. The predicted molar refractivity (Wildman–Crippen MR) is 99.1 cm³/mol. The molecular weight excluding hydrogens is 336 g/mol. The first kappa shape index (κ1) is 20.5. The lowest BCUT2D eigenvalue weighted by molar-refractivity contribution is -0.132. The first-order valence-corrected chi connectivity index (χ1v) is 7.74. The summed E-state index contributed by atoms with van der Waals surface area (Å²) in [5.74, 6) is -1.08. The minimum Gasteiger partial charge on any atom is -0.508 e. The van der Waals surface area contributed by atoms with Crippen LogP contribution in [0.5, 0.6) is 11.5 Å². The van der Waals surface area contributed by atoms with E-state index in [1.165, 1.54) is 24.3 Å². The van der Waals surface area contributed by atoms with Crippen molar-refractivity contribution >= 4 is 24.1 Å². The zero-order chi connectivity index (χ0) is 19.4. The second-order valence-corrected chi connectivity index (χ2v) is 4.94. The van der Waals surface area contributed by atoms with E-state index >= 15 is 0 Å². The van der Waals surface area contributed by atoms with Crippen LogP contribution in [0.3, 0.4) is 0 Å². The average Bonchev–Trinajstić information content (AvgIpc) is 2.59. The highest BCUT2D eigenvalue weighted by molar-refractivity contribution is 5.85. The van der Waals surface area contributed by atoms with Gasteiger partial charge in [-0.15, -0.1) is 0 Å². The fraction of sp³-hybridized carbons (Fsp3) is 0.100. The van der Waals surface area contributed by atoms with Crippen LogP contribution < -0.4 is 4.74 Å². The minimum absolute atomic E-state index is 0.127. The molecule has 0 heterocycles. The first-order chi connectivity index (χ1) is 12.4. The number of ether oxygens (including phenoxy) is 1. The van der Waals surface area contributed by atoms with E-state index in [4.69, 9.17) is 20.1 Å². The molecule has 136 valence electrons. The molecule has 6 heteroatoms. The number of benzene rings is 2. The predicted octanol–water partition coefficient (Wildman–Crippen LogP) is 3.67. The zero-order valence-corrected chi connectivity index (χ0v) is 14.2. The molecular formula is C20H20O6. The maximum atomic E-state index is 10.3. The average molecular weight is 356 g/mol. The van der Waals surface area contributed by atoms with E-state index in [-0.39, 0.29) is 5.75 Å². The third-order valence-electron chi connectivity index (χ3n) is 2.88. The van der Waals surface area contributed by atoms with Gasteiger partial charge in [-0.25, -0.2) is 9.59 Å². The summed E-state index contributed by atoms with van der Waals surface area (Å²) in [4.78, 5) is 20.4. The van der Waals surface area contributed by atoms with Crippen LogP contribution >= 0.6 is 0 Å². The Kier molecular flexibility index (Phi) is 8.75. The largest absolute Gasteiger partial charge is 0.508 e. The highest BCUT2D eigenvalue weighted by Crippen LogP contribution is 2.14. The summed E-state index contributed by atoms with van der Waals surface area (Å²) in [7, 11) is 0. The Morgan fingerprint density at radius 3 is 1.96 bits per heavy atom. The molecule has 0 bridgehead atoms. The second-order valence-electron chi connectivity index (χ2n) is 4.94. The summed E-state index contributed by atoms with van der Waals surface area (Å²) in [6.45, 7) is 2.51. The number of carbonyl (C=O) groups is 2. The van der Waals surface area contributed by atoms with Crippen molar-refractivity contribution in [1.82, 2.24) is 0 Å². The Morgan fingerprint density at radius 1 is 0.923 bits per heavy atom. The van der Waals surface area contributed by atoms with Crippen molar-refractivity contribution in [3.63, 3.8) is 0 Å². The van der Waals surface area contributed by atoms with Gasteiger partial charge in [-0.05, 0) is 54.5 Å². The van der Waals surface area contributed by atoms with Crippen LogP contribution in [-0.4, -0.2) is 33.9 Å². The lowest BCUT2D eigenvalue weighted by Crippen LogP contribution is -1.91. The van der Waals surface area contributed by atoms with Crippen LogP contribution in [0.4, 0.5) is 0 Å². The molecule has 0 aliphatic rings. The van der Waals surface area contributed by atoms with Crippen molar-refractivity contribution in [1.29, 1.82) is 0 Å². The third-order valence-corrected chi connectivity index (χ3v) is 2.88. The normalized spacial score (nSPS) is 10.3. The van der Waals surface area contributed by atoms with Gasteiger partial charge in [-0.1, -0.05) is 24.3 Å². The van der Waals surface area contributed by atoms with E-state index in [1.54, 1.807) is 18.2 Å². The topological polar surface area (TPSA) is 104 Å².